The van der Waals surface area contributed by atoms with Crippen molar-refractivity contribution in [1.29, 1.82) is 0 Å². The summed E-state index contributed by atoms with van der Waals surface area (Å²) in [5, 5.41) is 0. The number of Topliss-reactive ketones (excluding diaryl/α,β-unsaturated/α-hetero) is 1. The highest BCUT2D eigenvalue weighted by Gasteiger charge is 2.15. The number of methoxy groups -OCH3 is 1. The Morgan fingerprint density at radius 2 is 1.84 bits per heavy atom. The van der Waals surface area contributed by atoms with Crippen LogP contribution in [0, 0.1) is 20.8 Å². The number of nitrogens with two attached hydrogens (primary N) is 2. The van der Waals surface area contributed by atoms with Crippen molar-refractivity contribution in [2.75, 3.05) is 19.4 Å². The second-order valence-corrected chi connectivity index (χ2v) is 8.30. The van der Waals surface area contributed by atoms with Gasteiger partial charge in [0.15, 0.2) is 12.1 Å². The fourth-order valence-corrected chi connectivity index (χ4v) is 3.64. The molecule has 8 nitrogen and oxygen atoms in total. The van der Waals surface area contributed by atoms with Gasteiger partial charge in [0, 0.05) is 40.3 Å². The van der Waals surface area contributed by atoms with Gasteiger partial charge in [0.2, 0.25) is 0 Å². The van der Waals surface area contributed by atoms with Crippen molar-refractivity contribution in [2.24, 2.45) is 5.84 Å². The minimum atomic E-state index is 0.00830. The van der Waals surface area contributed by atoms with Crippen molar-refractivity contribution >= 4 is 29.4 Å². The average Bonchev–Trinajstić information content (AvgIpc) is 3.15. The van der Waals surface area contributed by atoms with E-state index in [1.165, 1.54) is 19.8 Å². The number of aldehydes is 1. The monoisotopic (exact) mass is 511 g/mol. The molecule has 1 heterocycles. The number of ether oxygens (including phenoxy) is 1. The van der Waals surface area contributed by atoms with Crippen LogP contribution in [0.1, 0.15) is 79.0 Å². The largest absolute Gasteiger partial charge is 0.497 e. The number of hydrazine groups is 2. The minimum absolute atomic E-state index is 0.00830. The number of ketones is 1. The van der Waals surface area contributed by atoms with Gasteiger partial charge in [0.05, 0.1) is 7.11 Å². The summed E-state index contributed by atoms with van der Waals surface area (Å²) in [5.41, 5.74) is 16.9. The van der Waals surface area contributed by atoms with Crippen LogP contribution in [0.15, 0.2) is 42.2 Å². The highest BCUT2D eigenvalue weighted by Crippen LogP contribution is 2.28. The number of rotatable bonds is 10. The average molecular weight is 512 g/mol. The van der Waals surface area contributed by atoms with Crippen molar-refractivity contribution in [3.63, 3.8) is 0 Å². The van der Waals surface area contributed by atoms with Crippen molar-refractivity contribution < 1.29 is 14.3 Å². The van der Waals surface area contributed by atoms with Gasteiger partial charge in [-0.25, -0.2) is 5.43 Å². The Morgan fingerprint density at radius 3 is 2.24 bits per heavy atom. The lowest BCUT2D eigenvalue weighted by Crippen LogP contribution is -2.38. The molecular weight excluding hydrogens is 466 g/mol. The molecule has 0 saturated heterocycles. The number of aromatic nitrogens is 1. The summed E-state index contributed by atoms with van der Waals surface area (Å²) in [5.74, 6) is 5.83. The van der Waals surface area contributed by atoms with Crippen LogP contribution in [0.2, 0.25) is 0 Å². The van der Waals surface area contributed by atoms with Gasteiger partial charge in [-0.3, -0.25) is 15.4 Å². The molecule has 0 aliphatic heterocycles. The summed E-state index contributed by atoms with van der Waals surface area (Å²) in [4.78, 5) is 26.4. The second-order valence-electron chi connectivity index (χ2n) is 8.30. The van der Waals surface area contributed by atoms with E-state index in [4.69, 9.17) is 16.3 Å². The minimum Gasteiger partial charge on any atom is -0.497 e. The van der Waals surface area contributed by atoms with Crippen LogP contribution >= 0.6 is 0 Å². The predicted octanol–water partition coefficient (Wildman–Crippen LogP) is 5.33. The van der Waals surface area contributed by atoms with Gasteiger partial charge in [-0.15, -0.1) is 0 Å². The number of allylic oxidation sites excluding steroid dienone is 4. The summed E-state index contributed by atoms with van der Waals surface area (Å²) in [6.45, 7) is 14.2. The van der Waals surface area contributed by atoms with Crippen molar-refractivity contribution in [2.45, 2.75) is 61.3 Å². The molecule has 0 bridgehead atoms. The Bertz CT molecular complexity index is 1050. The molecule has 37 heavy (non-hydrogen) atoms. The van der Waals surface area contributed by atoms with Gasteiger partial charge in [-0.1, -0.05) is 31.6 Å². The molecule has 0 spiro atoms. The van der Waals surface area contributed by atoms with Crippen LogP contribution in [-0.2, 0) is 9.53 Å². The van der Waals surface area contributed by atoms with E-state index in [1.54, 1.807) is 19.3 Å². The van der Waals surface area contributed by atoms with E-state index in [0.29, 0.717) is 16.8 Å². The zero-order valence-electron chi connectivity index (χ0n) is 23.6. The Hall–Kier alpha value is -3.46. The molecule has 2 rings (SSSR count). The maximum atomic E-state index is 11.7. The van der Waals surface area contributed by atoms with Gasteiger partial charge in [0.1, 0.15) is 5.76 Å². The number of nitrogen functional groups attached to an aromatic ring is 1. The van der Waals surface area contributed by atoms with E-state index in [-0.39, 0.29) is 5.78 Å². The van der Waals surface area contributed by atoms with E-state index in [2.05, 4.69) is 22.9 Å². The smallest absolute Gasteiger partial charge is 0.161 e. The zero-order valence-corrected chi connectivity index (χ0v) is 23.6. The molecule has 0 unspecified atom stereocenters. The summed E-state index contributed by atoms with van der Waals surface area (Å²) >= 11 is 0. The topological polar surface area (TPSA) is 135 Å². The third-order valence-electron chi connectivity index (χ3n) is 5.46. The van der Waals surface area contributed by atoms with Gasteiger partial charge in [-0.2, -0.15) is 5.53 Å². The highest BCUT2D eigenvalue weighted by atomic mass is 16.5. The number of aryl methyl sites for hydroxylation is 2. The van der Waals surface area contributed by atoms with Gasteiger partial charge >= 0.3 is 0 Å². The van der Waals surface area contributed by atoms with E-state index in [1.807, 2.05) is 65.0 Å². The van der Waals surface area contributed by atoms with Crippen LogP contribution in [-0.4, -0.2) is 30.7 Å². The van der Waals surface area contributed by atoms with Gasteiger partial charge in [0.25, 0.3) is 0 Å². The Labute approximate surface area is 222 Å². The van der Waals surface area contributed by atoms with E-state index < -0.39 is 0 Å². The number of aromatic amines is 1. The van der Waals surface area contributed by atoms with Crippen molar-refractivity contribution in [3.05, 3.63) is 75.8 Å². The standard InChI is InChI=1S/C18H20N2O2.C7H12O.C4H13N3/c1-10-6-5-7-15(19)17(10)14(9-21)8-16-11(2)18(13(4)22)12(3)20-16;1-4-6-7(5-2)8-3;1-2-3-4-6-7-5/h5-9,20H,19H2,1-4H3;4-6H,1-3H3;6-7H,2-5H2,1H3/b14-8+;6-4-,7-5+;. The first-order chi connectivity index (χ1) is 17.6. The van der Waals surface area contributed by atoms with Crippen LogP contribution < -0.4 is 22.5 Å². The zero-order chi connectivity index (χ0) is 28.4. The fourth-order valence-electron chi connectivity index (χ4n) is 3.64. The molecule has 8 heteroatoms. The molecule has 7 N–H and O–H groups in total. The predicted molar refractivity (Wildman–Crippen MR) is 156 cm³/mol. The maximum Gasteiger partial charge on any atom is 0.161 e. The second kappa shape index (κ2) is 18.8. The van der Waals surface area contributed by atoms with E-state index >= 15 is 0 Å². The van der Waals surface area contributed by atoms with E-state index in [9.17, 15) is 9.59 Å². The first kappa shape index (κ1) is 33.5. The number of hydrogen-bond acceptors (Lipinski definition) is 7. The molecule has 0 aliphatic rings. The molecule has 0 aliphatic carbocycles. The maximum absolute atomic E-state index is 11.7. The molecule has 1 aromatic carbocycles. The number of anilines is 1. The first-order valence-corrected chi connectivity index (χ1v) is 12.4. The number of benzene rings is 1. The number of H-pyrrole nitrogens is 1. The lowest BCUT2D eigenvalue weighted by atomic mass is 9.97. The number of carbonyl (C=O) groups excluding carboxylic acids is 2. The number of unbranched alkanes of at least 4 members (excludes halogenated alkanes) is 1. The molecule has 204 valence electrons. The number of nitrogens with one attached hydrogen (secondary N) is 3. The Balaban J connectivity index is 0.000000711. The normalized spacial score (nSPS) is 11.4. The van der Waals surface area contributed by atoms with Crippen molar-refractivity contribution in [3.8, 4) is 0 Å². The molecule has 0 radical (unpaired) electrons. The molecule has 0 amide bonds. The highest BCUT2D eigenvalue weighted by molar-refractivity contribution is 6.16. The molecule has 2 aromatic rings. The van der Waals surface area contributed by atoms with E-state index in [0.717, 1.165) is 46.7 Å². The lowest BCUT2D eigenvalue weighted by molar-refractivity contribution is -0.103. The Kier molecular flexibility index (Phi) is 17.0. The summed E-state index contributed by atoms with van der Waals surface area (Å²) < 4.78 is 4.91. The quantitative estimate of drug-likeness (QED) is 0.0335. The first-order valence-electron chi connectivity index (χ1n) is 12.4. The van der Waals surface area contributed by atoms with Crippen molar-refractivity contribution in [1.82, 2.24) is 15.9 Å². The fraction of sp³-hybridized carbons (Fsp3) is 0.379. The molecular formula is C29H45N5O3. The molecule has 1 aromatic heterocycles. The summed E-state index contributed by atoms with van der Waals surface area (Å²) in [6.07, 6.45) is 10.7. The van der Waals surface area contributed by atoms with Gasteiger partial charge in [-0.05, 0) is 83.4 Å². The van der Waals surface area contributed by atoms with Crippen LogP contribution in [0.3, 0.4) is 0 Å². The SMILES string of the molecule is C/C=C\C(=C/C)OC.CC(=O)c1c(C)[nH]c(/C=C(\C=O)c2c(C)cccc2N)c1C.CCCCNNN. The van der Waals surface area contributed by atoms with Crippen LogP contribution in [0.25, 0.3) is 11.6 Å². The third-order valence-corrected chi connectivity index (χ3v) is 5.46. The summed E-state index contributed by atoms with van der Waals surface area (Å²) in [6, 6.07) is 5.54. The summed E-state index contributed by atoms with van der Waals surface area (Å²) in [7, 11) is 1.66. The molecule has 0 atom stereocenters. The van der Waals surface area contributed by atoms with Crippen LogP contribution in [0.4, 0.5) is 5.69 Å². The lowest BCUT2D eigenvalue weighted by Gasteiger charge is -2.09. The molecule has 0 fully saturated rings. The molecule has 0 saturated carbocycles. The Morgan fingerprint density at radius 1 is 1.16 bits per heavy atom. The third kappa shape index (κ3) is 11.4. The van der Waals surface area contributed by atoms with Gasteiger partial charge < -0.3 is 15.5 Å². The number of hydrogen-bond donors (Lipinski definition) is 5. The number of carbonyl (C=O) groups is 2. The van der Waals surface area contributed by atoms with Crippen LogP contribution in [0.5, 0.6) is 0 Å².